The highest BCUT2D eigenvalue weighted by atomic mass is 35.5. The van der Waals surface area contributed by atoms with Gasteiger partial charge in [-0.1, -0.05) is 121 Å². The molecule has 3 rings (SSSR count). The Kier molecular flexibility index (Phi) is 21.3. The predicted octanol–water partition coefficient (Wildman–Crippen LogP) is 8.51. The van der Waals surface area contributed by atoms with Crippen LogP contribution in [0.2, 0.25) is 5.02 Å². The van der Waals surface area contributed by atoms with Crippen LogP contribution in [0.25, 0.3) is 5.52 Å². The van der Waals surface area contributed by atoms with Crippen LogP contribution in [-0.4, -0.2) is 67.8 Å². The van der Waals surface area contributed by atoms with Crippen molar-refractivity contribution in [2.45, 2.75) is 147 Å². The number of aliphatic hydroxyl groups is 2. The quantitative estimate of drug-likeness (QED) is 0.0367. The van der Waals surface area contributed by atoms with Crippen molar-refractivity contribution in [3.8, 4) is 12.1 Å². The Balaban J connectivity index is 1.50. The lowest BCUT2D eigenvalue weighted by Gasteiger charge is -2.33. The maximum Gasteiger partial charge on any atom is 0.472 e. The van der Waals surface area contributed by atoms with Gasteiger partial charge in [-0.2, -0.15) is 15.6 Å². The van der Waals surface area contributed by atoms with Crippen LogP contribution in [0, 0.1) is 22.7 Å². The summed E-state index contributed by atoms with van der Waals surface area (Å²) in [5, 5.41) is 46.0. The molecule has 14 nitrogen and oxygen atoms in total. The molecule has 0 aliphatic rings. The number of fused-ring (bicyclic) bond motifs is 1. The summed E-state index contributed by atoms with van der Waals surface area (Å²) in [4.78, 5) is 14.5. The molecular formula is C40H60ClN6O8P. The number of halogens is 1. The summed E-state index contributed by atoms with van der Waals surface area (Å²) < 4.78 is 36.2. The van der Waals surface area contributed by atoms with E-state index in [0.717, 1.165) is 39.1 Å². The van der Waals surface area contributed by atoms with Crippen LogP contribution >= 0.6 is 19.4 Å². The number of ether oxygens (including phenoxy) is 2. The number of nitrogens with zero attached hydrogens (tertiary/aromatic N) is 5. The first kappa shape index (κ1) is 47.2. The maximum absolute atomic E-state index is 13.1. The molecule has 0 saturated heterocycles. The van der Waals surface area contributed by atoms with Crippen LogP contribution < -0.4 is 5.73 Å². The minimum atomic E-state index is -4.85. The molecule has 5 atom stereocenters. The zero-order valence-electron chi connectivity index (χ0n) is 32.9. The van der Waals surface area contributed by atoms with Crippen molar-refractivity contribution in [2.24, 2.45) is 0 Å². The number of phosphoric acid groups is 1. The van der Waals surface area contributed by atoms with Gasteiger partial charge in [-0.15, -0.1) is 0 Å². The van der Waals surface area contributed by atoms with Crippen LogP contribution in [0.3, 0.4) is 0 Å². The van der Waals surface area contributed by atoms with E-state index in [1.165, 1.54) is 93.7 Å². The fourth-order valence-electron chi connectivity index (χ4n) is 6.56. The third-order valence-electron chi connectivity index (χ3n) is 9.96. The maximum atomic E-state index is 13.1. The number of rotatable bonds is 30. The Morgan fingerprint density at radius 3 is 2.11 bits per heavy atom. The molecule has 0 saturated carbocycles. The summed E-state index contributed by atoms with van der Waals surface area (Å²) in [6, 6.07) is 11.7. The number of methoxy groups -OCH3 is 1. The molecule has 0 aliphatic heterocycles. The van der Waals surface area contributed by atoms with E-state index in [4.69, 9.17) is 35.9 Å². The summed E-state index contributed by atoms with van der Waals surface area (Å²) in [6.07, 6.45) is 17.1. The summed E-state index contributed by atoms with van der Waals surface area (Å²) in [7, 11) is -3.75. The predicted molar refractivity (Wildman–Crippen MR) is 214 cm³/mol. The first-order chi connectivity index (χ1) is 27.0. The van der Waals surface area contributed by atoms with E-state index in [-0.39, 0.29) is 24.7 Å². The van der Waals surface area contributed by atoms with E-state index >= 15 is 0 Å². The Bertz CT molecular complexity index is 1730. The van der Waals surface area contributed by atoms with Crippen molar-refractivity contribution >= 4 is 30.8 Å². The number of nitriles is 2. The standard InChI is InChI=1S/C40H60ClN6O8P/c1-3-4-5-6-7-8-9-10-11-12-13-14-15-16-17-18-19-34(53-26-32-22-31(25-42)23-33(41)24-32)27-54-56(50,51)55-29-40(28-43,52-2)38(49)37(48)35-20-21-36-39(44)45-30-46-47(35)36/h20-24,30,34,37-38,48-49H,3-19,26-27,29H2,1-2H3,(H,50,51)(H2,44,45,46)/t34-,37+,38+,40?/m1/s1. The SMILES string of the molecule is CCCCCCCCCCCCCCCCCC[C@H](COP(=O)(O)OCC(C#N)(OC)[C@@H](O)[C@@H](O)c1ccc2c(N)ncnn12)OCc1cc(Cl)cc(C#N)c1. The number of benzene rings is 1. The summed E-state index contributed by atoms with van der Waals surface area (Å²) >= 11 is 6.18. The number of unbranched alkanes of at least 4 members (excludes halogenated alkanes) is 15. The van der Waals surface area contributed by atoms with Crippen LogP contribution in [0.1, 0.15) is 139 Å². The normalized spacial score (nSPS) is 15.4. The average molecular weight is 819 g/mol. The van der Waals surface area contributed by atoms with Gasteiger partial charge >= 0.3 is 7.82 Å². The Hall–Kier alpha value is -3.14. The molecule has 0 spiro atoms. The number of nitrogen functional groups attached to an aromatic ring is 1. The molecule has 310 valence electrons. The van der Waals surface area contributed by atoms with Gasteiger partial charge in [0.05, 0.1) is 36.6 Å². The van der Waals surface area contributed by atoms with Gasteiger partial charge in [-0.05, 0) is 42.3 Å². The molecule has 2 unspecified atom stereocenters. The minimum Gasteiger partial charge on any atom is -0.386 e. The highest BCUT2D eigenvalue weighted by molar-refractivity contribution is 7.47. The molecule has 5 N–H and O–H groups in total. The van der Waals surface area contributed by atoms with E-state index in [2.05, 4.69) is 23.1 Å². The number of hydrogen-bond donors (Lipinski definition) is 4. The van der Waals surface area contributed by atoms with Crippen molar-refractivity contribution in [1.82, 2.24) is 14.6 Å². The lowest BCUT2D eigenvalue weighted by atomic mass is 9.93. The largest absolute Gasteiger partial charge is 0.472 e. The van der Waals surface area contributed by atoms with E-state index in [1.54, 1.807) is 24.3 Å². The molecule has 0 radical (unpaired) electrons. The molecule has 0 aliphatic carbocycles. The Morgan fingerprint density at radius 2 is 1.54 bits per heavy atom. The molecule has 3 aromatic rings. The molecule has 0 fully saturated rings. The van der Waals surface area contributed by atoms with E-state index in [9.17, 15) is 30.2 Å². The van der Waals surface area contributed by atoms with E-state index < -0.39 is 38.3 Å². The van der Waals surface area contributed by atoms with Gasteiger partial charge in [0.15, 0.2) is 5.82 Å². The first-order valence-corrected chi connectivity index (χ1v) is 21.7. The van der Waals surface area contributed by atoms with Crippen molar-refractivity contribution in [3.05, 3.63) is 58.5 Å². The van der Waals surface area contributed by atoms with Gasteiger partial charge in [0, 0.05) is 12.1 Å². The van der Waals surface area contributed by atoms with E-state index in [1.807, 2.05) is 0 Å². The fraction of sp³-hybridized carbons (Fsp3) is 0.650. The molecule has 0 bridgehead atoms. The number of hydrogen-bond acceptors (Lipinski definition) is 12. The number of phosphoric ester groups is 1. The van der Waals surface area contributed by atoms with Gasteiger partial charge in [0.25, 0.3) is 0 Å². The lowest BCUT2D eigenvalue weighted by Crippen LogP contribution is -2.50. The van der Waals surface area contributed by atoms with Crippen LogP contribution in [0.5, 0.6) is 0 Å². The second kappa shape index (κ2) is 25.3. The monoisotopic (exact) mass is 818 g/mol. The van der Waals surface area contributed by atoms with Gasteiger partial charge in [-0.3, -0.25) is 9.05 Å². The van der Waals surface area contributed by atoms with Gasteiger partial charge in [0.2, 0.25) is 5.60 Å². The Labute approximate surface area is 336 Å². The topological polar surface area (TPSA) is 218 Å². The molecule has 16 heteroatoms. The molecule has 2 heterocycles. The summed E-state index contributed by atoms with van der Waals surface area (Å²) in [6.45, 7) is 1.07. The van der Waals surface area contributed by atoms with Gasteiger partial charge in [0.1, 0.15) is 36.7 Å². The third kappa shape index (κ3) is 15.7. The van der Waals surface area contributed by atoms with Gasteiger partial charge in [-0.25, -0.2) is 14.1 Å². The van der Waals surface area contributed by atoms with Crippen molar-refractivity contribution in [3.63, 3.8) is 0 Å². The first-order valence-electron chi connectivity index (χ1n) is 19.8. The Morgan fingerprint density at radius 1 is 0.929 bits per heavy atom. The van der Waals surface area contributed by atoms with E-state index in [0.29, 0.717) is 28.1 Å². The number of aromatic nitrogens is 3. The van der Waals surface area contributed by atoms with Crippen molar-refractivity contribution in [2.75, 3.05) is 26.1 Å². The zero-order chi connectivity index (χ0) is 40.8. The smallest absolute Gasteiger partial charge is 0.386 e. The van der Waals surface area contributed by atoms with Gasteiger partial charge < -0.3 is 30.3 Å². The molecule has 0 amide bonds. The van der Waals surface area contributed by atoms with Crippen LogP contribution in [-0.2, 0) is 29.7 Å². The summed E-state index contributed by atoms with van der Waals surface area (Å²) in [5.41, 5.74) is 5.04. The van der Waals surface area contributed by atoms with Crippen molar-refractivity contribution < 1.29 is 38.2 Å². The molecular weight excluding hydrogens is 759 g/mol. The lowest BCUT2D eigenvalue weighted by molar-refractivity contribution is -0.134. The average Bonchev–Trinajstić information content (AvgIpc) is 3.64. The fourth-order valence-corrected chi connectivity index (χ4v) is 7.60. The second-order valence-electron chi connectivity index (χ2n) is 14.3. The third-order valence-corrected chi connectivity index (χ3v) is 11.1. The summed E-state index contributed by atoms with van der Waals surface area (Å²) in [5.74, 6) is 0.129. The number of aliphatic hydroxyl groups excluding tert-OH is 2. The second-order valence-corrected chi connectivity index (χ2v) is 16.2. The zero-order valence-corrected chi connectivity index (χ0v) is 34.5. The highest BCUT2D eigenvalue weighted by Crippen LogP contribution is 2.45. The van der Waals surface area contributed by atoms with Crippen LogP contribution in [0.15, 0.2) is 36.7 Å². The molecule has 1 aromatic carbocycles. The minimum absolute atomic E-state index is 0.0670. The molecule has 2 aromatic heterocycles. The van der Waals surface area contributed by atoms with Crippen molar-refractivity contribution in [1.29, 1.82) is 10.5 Å². The van der Waals surface area contributed by atoms with Crippen LogP contribution in [0.4, 0.5) is 5.82 Å². The number of anilines is 1. The highest BCUT2D eigenvalue weighted by Gasteiger charge is 2.46. The number of nitrogens with two attached hydrogens (primary N) is 1. The molecule has 56 heavy (non-hydrogen) atoms.